The molecule has 1 aliphatic heterocycles. The quantitative estimate of drug-likeness (QED) is 0.771. The minimum absolute atomic E-state index is 0.142. The fourth-order valence-electron chi connectivity index (χ4n) is 3.37. The number of nitriles is 1. The number of hydrogen-bond donors (Lipinski definition) is 0. The molecule has 1 heterocycles. The Hall–Kier alpha value is -3.13. The highest BCUT2D eigenvalue weighted by molar-refractivity contribution is 5.94. The molecule has 1 aliphatic rings. The summed E-state index contributed by atoms with van der Waals surface area (Å²) in [7, 11) is 0. The van der Waals surface area contributed by atoms with Crippen LogP contribution < -0.4 is 4.90 Å². The van der Waals surface area contributed by atoms with Crippen molar-refractivity contribution in [3.8, 4) is 6.07 Å². The predicted molar refractivity (Wildman–Crippen MR) is 105 cm³/mol. The lowest BCUT2D eigenvalue weighted by atomic mass is 10.0. The molecular formula is C22H22FN3O. The van der Waals surface area contributed by atoms with Gasteiger partial charge in [0.1, 0.15) is 5.82 Å². The molecule has 0 saturated carbocycles. The number of carbonyl (C=O) groups is 1. The number of nitrogens with zero attached hydrogens (tertiary/aromatic N) is 3. The van der Waals surface area contributed by atoms with Gasteiger partial charge in [-0.15, -0.1) is 0 Å². The van der Waals surface area contributed by atoms with Crippen LogP contribution in [-0.2, 0) is 0 Å². The van der Waals surface area contributed by atoms with E-state index in [2.05, 4.69) is 17.5 Å². The molecule has 1 fully saturated rings. The first-order valence-electron chi connectivity index (χ1n) is 8.91. The highest BCUT2D eigenvalue weighted by Crippen LogP contribution is 2.26. The number of rotatable bonds is 4. The molecule has 0 unspecified atom stereocenters. The molecule has 138 valence electrons. The third kappa shape index (κ3) is 3.85. The topological polar surface area (TPSA) is 47.3 Å². The predicted octanol–water partition coefficient (Wildman–Crippen LogP) is 4.00. The summed E-state index contributed by atoms with van der Waals surface area (Å²) in [5, 5.41) is 9.13. The molecule has 3 rings (SSSR count). The normalized spacial score (nSPS) is 14.0. The molecule has 0 aromatic heterocycles. The number of benzene rings is 2. The molecule has 0 N–H and O–H groups in total. The van der Waals surface area contributed by atoms with Crippen LogP contribution in [0.25, 0.3) is 5.70 Å². The third-order valence-electron chi connectivity index (χ3n) is 5.03. The number of halogens is 1. The zero-order valence-corrected chi connectivity index (χ0v) is 15.6. The highest BCUT2D eigenvalue weighted by atomic mass is 19.1. The van der Waals surface area contributed by atoms with E-state index in [1.54, 1.807) is 18.2 Å². The van der Waals surface area contributed by atoms with Crippen LogP contribution in [0.15, 0.2) is 43.0 Å². The molecule has 0 bridgehead atoms. The number of ketones is 1. The smallest absolute Gasteiger partial charge is 0.159 e. The molecule has 1 saturated heterocycles. The van der Waals surface area contributed by atoms with Gasteiger partial charge in [0, 0.05) is 43.0 Å². The summed E-state index contributed by atoms with van der Waals surface area (Å²) in [5.74, 6) is -0.510. The van der Waals surface area contributed by atoms with Crippen LogP contribution in [0.4, 0.5) is 10.1 Å². The zero-order valence-electron chi connectivity index (χ0n) is 15.6. The van der Waals surface area contributed by atoms with Gasteiger partial charge < -0.3 is 9.80 Å². The molecular weight excluding hydrogens is 341 g/mol. The van der Waals surface area contributed by atoms with Gasteiger partial charge in [-0.2, -0.15) is 5.26 Å². The first-order valence-corrected chi connectivity index (χ1v) is 8.91. The van der Waals surface area contributed by atoms with Gasteiger partial charge in [-0.3, -0.25) is 4.79 Å². The van der Waals surface area contributed by atoms with E-state index in [1.165, 1.54) is 13.0 Å². The van der Waals surface area contributed by atoms with Gasteiger partial charge in [0.15, 0.2) is 5.78 Å². The summed E-state index contributed by atoms with van der Waals surface area (Å²) in [5.41, 5.74) is 4.45. The maximum Gasteiger partial charge on any atom is 0.159 e. The number of hydrogen-bond acceptors (Lipinski definition) is 4. The van der Waals surface area contributed by atoms with Crippen molar-refractivity contribution >= 4 is 17.2 Å². The van der Waals surface area contributed by atoms with Gasteiger partial charge in [-0.05, 0) is 49.7 Å². The molecule has 2 aromatic rings. The van der Waals surface area contributed by atoms with E-state index in [0.29, 0.717) is 43.0 Å². The van der Waals surface area contributed by atoms with E-state index >= 15 is 0 Å². The molecule has 4 nitrogen and oxygen atoms in total. The van der Waals surface area contributed by atoms with Crippen molar-refractivity contribution in [2.45, 2.75) is 13.8 Å². The first kappa shape index (κ1) is 18.7. The van der Waals surface area contributed by atoms with E-state index in [-0.39, 0.29) is 11.6 Å². The standard InChI is InChI=1S/C22H22FN3O/c1-15-4-5-18(14-24)12-20(15)16(2)25-8-10-26(11-9-25)22-7-6-19(17(3)27)13-21(22)23/h4-7,12-13H,2,8-11H2,1,3H3. The van der Waals surface area contributed by atoms with Crippen LogP contribution in [-0.4, -0.2) is 36.9 Å². The minimum Gasteiger partial charge on any atom is -0.368 e. The van der Waals surface area contributed by atoms with Gasteiger partial charge >= 0.3 is 0 Å². The average Bonchev–Trinajstić information content (AvgIpc) is 2.68. The summed E-state index contributed by atoms with van der Waals surface area (Å²) in [4.78, 5) is 15.6. The van der Waals surface area contributed by atoms with Crippen molar-refractivity contribution in [2.24, 2.45) is 0 Å². The lowest BCUT2D eigenvalue weighted by Crippen LogP contribution is -2.45. The van der Waals surface area contributed by atoms with Gasteiger partial charge in [0.05, 0.1) is 17.3 Å². The van der Waals surface area contributed by atoms with Crippen LogP contribution in [0.5, 0.6) is 0 Å². The lowest BCUT2D eigenvalue weighted by Gasteiger charge is -2.38. The van der Waals surface area contributed by atoms with Crippen LogP contribution in [0.2, 0.25) is 0 Å². The monoisotopic (exact) mass is 363 g/mol. The number of anilines is 1. The van der Waals surface area contributed by atoms with E-state index in [4.69, 9.17) is 5.26 Å². The molecule has 0 aliphatic carbocycles. The number of piperazine rings is 1. The van der Waals surface area contributed by atoms with Crippen LogP contribution >= 0.6 is 0 Å². The van der Waals surface area contributed by atoms with E-state index in [0.717, 1.165) is 16.8 Å². The average molecular weight is 363 g/mol. The Kier molecular flexibility index (Phi) is 5.27. The second kappa shape index (κ2) is 7.63. The van der Waals surface area contributed by atoms with Gasteiger partial charge in [-0.25, -0.2) is 4.39 Å². The second-order valence-corrected chi connectivity index (χ2v) is 6.78. The van der Waals surface area contributed by atoms with Gasteiger partial charge in [0.2, 0.25) is 0 Å². The lowest BCUT2D eigenvalue weighted by molar-refractivity contribution is 0.101. The summed E-state index contributed by atoms with van der Waals surface area (Å²) in [6.07, 6.45) is 0. The molecule has 5 heteroatoms. The van der Waals surface area contributed by atoms with E-state index in [1.807, 2.05) is 24.0 Å². The Morgan fingerprint density at radius 1 is 1.15 bits per heavy atom. The Morgan fingerprint density at radius 3 is 2.44 bits per heavy atom. The van der Waals surface area contributed by atoms with E-state index < -0.39 is 0 Å². The molecule has 2 aromatic carbocycles. The largest absolute Gasteiger partial charge is 0.368 e. The number of Topliss-reactive ketones (excluding diaryl/α,β-unsaturated/α-hetero) is 1. The molecule has 0 spiro atoms. The maximum absolute atomic E-state index is 14.4. The summed E-state index contributed by atoms with van der Waals surface area (Å²) < 4.78 is 14.4. The Labute approximate surface area is 159 Å². The number of aryl methyl sites for hydroxylation is 1. The highest BCUT2D eigenvalue weighted by Gasteiger charge is 2.22. The summed E-state index contributed by atoms with van der Waals surface area (Å²) in [6, 6.07) is 12.4. The SMILES string of the molecule is C=C(c1cc(C#N)ccc1C)N1CCN(c2ccc(C(C)=O)cc2F)CC1. The summed E-state index contributed by atoms with van der Waals surface area (Å²) >= 11 is 0. The van der Waals surface area contributed by atoms with E-state index in [9.17, 15) is 9.18 Å². The first-order chi connectivity index (χ1) is 12.9. The fourth-order valence-corrected chi connectivity index (χ4v) is 3.37. The molecule has 27 heavy (non-hydrogen) atoms. The van der Waals surface area contributed by atoms with Crippen LogP contribution in [0.1, 0.15) is 34.0 Å². The molecule has 0 amide bonds. The van der Waals surface area contributed by atoms with Crippen molar-refractivity contribution in [1.29, 1.82) is 5.26 Å². The van der Waals surface area contributed by atoms with Crippen molar-refractivity contribution in [3.63, 3.8) is 0 Å². The van der Waals surface area contributed by atoms with Crippen molar-refractivity contribution in [1.82, 2.24) is 4.90 Å². The van der Waals surface area contributed by atoms with Crippen LogP contribution in [0.3, 0.4) is 0 Å². The summed E-state index contributed by atoms with van der Waals surface area (Å²) in [6.45, 7) is 10.4. The third-order valence-corrected chi connectivity index (χ3v) is 5.03. The Balaban J connectivity index is 1.71. The van der Waals surface area contributed by atoms with Gasteiger partial charge in [0.25, 0.3) is 0 Å². The van der Waals surface area contributed by atoms with Crippen molar-refractivity contribution in [2.75, 3.05) is 31.1 Å². The van der Waals surface area contributed by atoms with Crippen LogP contribution in [0, 0.1) is 24.1 Å². The Morgan fingerprint density at radius 2 is 1.85 bits per heavy atom. The number of carbonyl (C=O) groups excluding carboxylic acids is 1. The maximum atomic E-state index is 14.4. The van der Waals surface area contributed by atoms with Crippen molar-refractivity contribution < 1.29 is 9.18 Å². The minimum atomic E-state index is -0.368. The second-order valence-electron chi connectivity index (χ2n) is 6.78. The fraction of sp³-hybridized carbons (Fsp3) is 0.273. The Bertz CT molecular complexity index is 937. The molecule has 0 atom stereocenters. The molecule has 0 radical (unpaired) electrons. The van der Waals surface area contributed by atoms with Crippen molar-refractivity contribution in [3.05, 3.63) is 71.0 Å². The zero-order chi connectivity index (χ0) is 19.6. The van der Waals surface area contributed by atoms with Gasteiger partial charge in [-0.1, -0.05) is 12.6 Å².